The van der Waals surface area contributed by atoms with Crippen molar-refractivity contribution >= 4 is 22.7 Å². The smallest absolute Gasteiger partial charge is 0.124 e. The highest BCUT2D eigenvalue weighted by Gasteiger charge is 2.67. The maximum Gasteiger partial charge on any atom is 0.124 e. The maximum absolute atomic E-state index is 11.9. The van der Waals surface area contributed by atoms with Gasteiger partial charge in [0.05, 0.1) is 27.6 Å². The zero-order valence-electron chi connectivity index (χ0n) is 17.7. The summed E-state index contributed by atoms with van der Waals surface area (Å²) in [4.78, 5) is -0.0739. The highest BCUT2D eigenvalue weighted by atomic mass is 32.2. The highest BCUT2D eigenvalue weighted by Crippen LogP contribution is 2.82. The van der Waals surface area contributed by atoms with E-state index in [0.29, 0.717) is 5.56 Å². The summed E-state index contributed by atoms with van der Waals surface area (Å²) in [6, 6.07) is 3.28. The van der Waals surface area contributed by atoms with Gasteiger partial charge < -0.3 is 4.55 Å². The average molecular weight is 387 g/mol. The number of aryl methyl sites for hydroxylation is 1. The molecule has 1 aromatic carbocycles. The van der Waals surface area contributed by atoms with Gasteiger partial charge in [0.2, 0.25) is 0 Å². The molecule has 0 saturated carbocycles. The first-order valence-corrected chi connectivity index (χ1v) is 12.0. The van der Waals surface area contributed by atoms with Gasteiger partial charge in [0.25, 0.3) is 0 Å². The predicted molar refractivity (Wildman–Crippen MR) is 110 cm³/mol. The Kier molecular flexibility index (Phi) is 5.71. The third-order valence-electron chi connectivity index (χ3n) is 5.21. The molecular formula is C20H35O3PS. The number of hydrogen-bond acceptors (Lipinski definition) is 3. The van der Waals surface area contributed by atoms with Crippen LogP contribution in [0.2, 0.25) is 0 Å². The van der Waals surface area contributed by atoms with E-state index in [1.165, 1.54) is 6.07 Å². The molecule has 5 heteroatoms. The minimum absolute atomic E-state index is 0.0513. The largest absolute Gasteiger partial charge is 0.744 e. The monoisotopic (exact) mass is 386 g/mol. The second-order valence-corrected chi connectivity index (χ2v) is 17.2. The van der Waals surface area contributed by atoms with E-state index >= 15 is 0 Å². The average Bonchev–Trinajstić information content (AvgIpc) is 2.26. The SMILES string of the molecule is Cc1ccc(S(=O)(=O)[O-])c(C)c1[P+](C(C)(C)C)(C(C)(C)C)C(C)(C)C. The Labute approximate surface area is 155 Å². The maximum atomic E-state index is 11.9. The van der Waals surface area contributed by atoms with Crippen molar-refractivity contribution < 1.29 is 13.0 Å². The summed E-state index contributed by atoms with van der Waals surface area (Å²) in [5.41, 5.74) is 1.72. The molecule has 0 heterocycles. The standard InChI is InChI=1S/C20H35O3PS/c1-14-12-13-16(25(21,22)23)15(2)17(14)24(18(3,4)5,19(6,7)8)20(9,10)11/h12-13H,1-11H3. The van der Waals surface area contributed by atoms with Gasteiger partial charge in [-0.1, -0.05) is 6.07 Å². The Hall–Kier alpha value is -0.440. The van der Waals surface area contributed by atoms with E-state index in [1.54, 1.807) is 0 Å². The van der Waals surface area contributed by atoms with Crippen molar-refractivity contribution in [1.82, 2.24) is 0 Å². The van der Waals surface area contributed by atoms with E-state index in [9.17, 15) is 13.0 Å². The van der Waals surface area contributed by atoms with Crippen molar-refractivity contribution in [3.05, 3.63) is 23.3 Å². The lowest BCUT2D eigenvalue weighted by Crippen LogP contribution is -2.50. The van der Waals surface area contributed by atoms with Crippen LogP contribution in [0.15, 0.2) is 17.0 Å². The lowest BCUT2D eigenvalue weighted by molar-refractivity contribution is 0.462. The van der Waals surface area contributed by atoms with Crippen molar-refractivity contribution in [2.75, 3.05) is 0 Å². The van der Waals surface area contributed by atoms with Crippen LogP contribution in [-0.2, 0) is 10.1 Å². The van der Waals surface area contributed by atoms with Crippen molar-refractivity contribution in [3.8, 4) is 0 Å². The fourth-order valence-electron chi connectivity index (χ4n) is 5.63. The quantitative estimate of drug-likeness (QED) is 0.515. The molecule has 0 aliphatic carbocycles. The van der Waals surface area contributed by atoms with E-state index < -0.39 is 17.4 Å². The minimum Gasteiger partial charge on any atom is -0.744 e. The second-order valence-electron chi connectivity index (χ2n) is 9.99. The molecule has 0 aromatic heterocycles. The molecule has 0 saturated heterocycles. The van der Waals surface area contributed by atoms with Crippen LogP contribution < -0.4 is 5.30 Å². The summed E-state index contributed by atoms with van der Waals surface area (Å²) in [6.45, 7) is 24.2. The van der Waals surface area contributed by atoms with Crippen LogP contribution in [0.3, 0.4) is 0 Å². The van der Waals surface area contributed by atoms with Crippen LogP contribution in [0, 0.1) is 13.8 Å². The molecule has 0 aliphatic heterocycles. The summed E-state index contributed by atoms with van der Waals surface area (Å²) in [6.07, 6.45) is 0. The van der Waals surface area contributed by atoms with E-state index in [1.807, 2.05) is 19.9 Å². The van der Waals surface area contributed by atoms with Crippen LogP contribution in [0.1, 0.15) is 73.4 Å². The van der Waals surface area contributed by atoms with Crippen LogP contribution in [-0.4, -0.2) is 28.4 Å². The first-order chi connectivity index (χ1) is 10.8. The van der Waals surface area contributed by atoms with Crippen LogP contribution >= 0.6 is 7.26 Å². The summed E-state index contributed by atoms with van der Waals surface area (Å²) >= 11 is 0. The number of hydrogen-bond donors (Lipinski definition) is 0. The summed E-state index contributed by atoms with van der Waals surface area (Å²) in [7, 11) is -6.48. The van der Waals surface area contributed by atoms with Crippen molar-refractivity contribution in [1.29, 1.82) is 0 Å². The number of benzene rings is 1. The van der Waals surface area contributed by atoms with Gasteiger partial charge in [-0.2, -0.15) is 0 Å². The Bertz CT molecular complexity index is 722. The molecule has 0 fully saturated rings. The summed E-state index contributed by atoms with van der Waals surface area (Å²) in [5.74, 6) is 0. The highest BCUT2D eigenvalue weighted by molar-refractivity contribution is 7.87. The van der Waals surface area contributed by atoms with Gasteiger partial charge in [0.1, 0.15) is 15.4 Å². The topological polar surface area (TPSA) is 57.2 Å². The first-order valence-electron chi connectivity index (χ1n) is 8.76. The molecule has 0 N–H and O–H groups in total. The zero-order valence-corrected chi connectivity index (χ0v) is 19.4. The Morgan fingerprint density at radius 3 is 1.44 bits per heavy atom. The molecule has 25 heavy (non-hydrogen) atoms. The molecule has 0 radical (unpaired) electrons. The Morgan fingerprint density at radius 1 is 0.800 bits per heavy atom. The zero-order chi connectivity index (χ0) is 20.2. The van der Waals surface area contributed by atoms with Gasteiger partial charge in [-0.3, -0.25) is 0 Å². The fraction of sp³-hybridized carbons (Fsp3) is 0.700. The molecule has 1 rings (SSSR count). The van der Waals surface area contributed by atoms with Crippen molar-refractivity contribution in [2.24, 2.45) is 0 Å². The Morgan fingerprint density at radius 2 is 1.16 bits per heavy atom. The van der Waals surface area contributed by atoms with E-state index in [4.69, 9.17) is 0 Å². The predicted octanol–water partition coefficient (Wildman–Crippen LogP) is 5.25. The van der Waals surface area contributed by atoms with Crippen LogP contribution in [0.25, 0.3) is 0 Å². The lowest BCUT2D eigenvalue weighted by atomic mass is 10.1. The molecule has 0 atom stereocenters. The lowest BCUT2D eigenvalue weighted by Gasteiger charge is -2.55. The van der Waals surface area contributed by atoms with Crippen molar-refractivity contribution in [3.63, 3.8) is 0 Å². The third-order valence-corrected chi connectivity index (χ3v) is 13.6. The molecular weight excluding hydrogens is 351 g/mol. The van der Waals surface area contributed by atoms with Gasteiger partial charge >= 0.3 is 0 Å². The molecule has 0 amide bonds. The fourth-order valence-corrected chi connectivity index (χ4v) is 15.7. The molecule has 0 aliphatic rings. The van der Waals surface area contributed by atoms with E-state index in [-0.39, 0.29) is 20.4 Å². The second kappa shape index (κ2) is 6.32. The Balaban J connectivity index is 4.27. The van der Waals surface area contributed by atoms with Gasteiger partial charge in [-0.15, -0.1) is 0 Å². The van der Waals surface area contributed by atoms with Crippen molar-refractivity contribution in [2.45, 2.75) is 96.5 Å². The molecule has 0 unspecified atom stereocenters. The summed E-state index contributed by atoms with van der Waals surface area (Å²) in [5, 5.41) is 0.954. The van der Waals surface area contributed by atoms with Gasteiger partial charge in [0, 0.05) is 5.56 Å². The van der Waals surface area contributed by atoms with Crippen LogP contribution in [0.4, 0.5) is 0 Å². The molecule has 0 spiro atoms. The molecule has 144 valence electrons. The number of rotatable bonds is 2. The van der Waals surface area contributed by atoms with Gasteiger partial charge in [-0.05, 0) is 87.8 Å². The van der Waals surface area contributed by atoms with Gasteiger partial charge in [-0.25, -0.2) is 8.42 Å². The van der Waals surface area contributed by atoms with E-state index in [2.05, 4.69) is 62.3 Å². The van der Waals surface area contributed by atoms with Crippen LogP contribution in [0.5, 0.6) is 0 Å². The van der Waals surface area contributed by atoms with E-state index in [0.717, 1.165) is 10.9 Å². The van der Waals surface area contributed by atoms with Gasteiger partial charge in [0.15, 0.2) is 0 Å². The molecule has 3 nitrogen and oxygen atoms in total. The first kappa shape index (κ1) is 22.6. The molecule has 1 aromatic rings. The summed E-state index contributed by atoms with van der Waals surface area (Å²) < 4.78 is 35.6. The third kappa shape index (κ3) is 3.55. The minimum atomic E-state index is -4.50. The molecule has 0 bridgehead atoms. The normalized spacial score (nSPS) is 14.7.